The molecule has 0 radical (unpaired) electrons. The van der Waals surface area contributed by atoms with Crippen LogP contribution in [0.1, 0.15) is 34.5 Å². The Balaban J connectivity index is 1.44. The van der Waals surface area contributed by atoms with Gasteiger partial charge in [0.1, 0.15) is 11.6 Å². The van der Waals surface area contributed by atoms with Gasteiger partial charge in [-0.2, -0.15) is 0 Å². The number of amides is 1. The summed E-state index contributed by atoms with van der Waals surface area (Å²) in [5, 5.41) is 0.707. The normalized spacial score (nSPS) is 15.0. The van der Waals surface area contributed by atoms with Gasteiger partial charge in [0.05, 0.1) is 18.4 Å². The van der Waals surface area contributed by atoms with Gasteiger partial charge in [-0.1, -0.05) is 23.7 Å². The quantitative estimate of drug-likeness (QED) is 0.410. The highest BCUT2D eigenvalue weighted by Gasteiger charge is 2.31. The van der Waals surface area contributed by atoms with E-state index >= 15 is 0 Å². The number of carbonyl (C=O) groups is 1. The lowest BCUT2D eigenvalue weighted by Crippen LogP contribution is -2.47. The summed E-state index contributed by atoms with van der Waals surface area (Å²) in [5.74, 6) is -3.80. The molecule has 1 amide bonds. The van der Waals surface area contributed by atoms with E-state index in [1.165, 1.54) is 16.7 Å². The average molecular weight is 477 g/mol. The molecular weight excluding hydrogens is 453 g/mol. The number of rotatable bonds is 7. The second-order valence-electron chi connectivity index (χ2n) is 8.21. The van der Waals surface area contributed by atoms with Gasteiger partial charge >= 0.3 is 0 Å². The van der Waals surface area contributed by atoms with Gasteiger partial charge in [-0.3, -0.25) is 4.79 Å². The molecule has 0 unspecified atom stereocenters. The molecule has 0 spiro atoms. The third kappa shape index (κ3) is 5.78. The number of furan rings is 1. The van der Waals surface area contributed by atoms with E-state index < -0.39 is 28.9 Å². The third-order valence-corrected chi connectivity index (χ3v) is 6.29. The summed E-state index contributed by atoms with van der Waals surface area (Å²) >= 11 is 5.94. The Morgan fingerprint density at radius 3 is 2.39 bits per heavy atom. The number of likely N-dealkylation sites (tertiary alicyclic amines) is 1. The van der Waals surface area contributed by atoms with Crippen LogP contribution in [0.2, 0.25) is 5.02 Å². The van der Waals surface area contributed by atoms with Crippen molar-refractivity contribution in [3.05, 3.63) is 94.2 Å². The molecule has 174 valence electrons. The minimum absolute atomic E-state index is 0.125. The van der Waals surface area contributed by atoms with Crippen molar-refractivity contribution in [1.29, 1.82) is 0 Å². The highest BCUT2D eigenvalue weighted by atomic mass is 35.5. The van der Waals surface area contributed by atoms with Crippen LogP contribution < -0.4 is 0 Å². The monoisotopic (exact) mass is 476 g/mol. The van der Waals surface area contributed by atoms with Gasteiger partial charge in [-0.05, 0) is 55.2 Å². The highest BCUT2D eigenvalue weighted by molar-refractivity contribution is 6.30. The van der Waals surface area contributed by atoms with Crippen LogP contribution >= 0.6 is 11.6 Å². The minimum Gasteiger partial charge on any atom is -0.467 e. The van der Waals surface area contributed by atoms with Crippen LogP contribution in [0.3, 0.4) is 0 Å². The van der Waals surface area contributed by atoms with Crippen molar-refractivity contribution >= 4 is 17.5 Å². The maximum absolute atomic E-state index is 14.3. The smallest absolute Gasteiger partial charge is 0.257 e. The molecule has 0 atom stereocenters. The van der Waals surface area contributed by atoms with E-state index in [1.54, 1.807) is 12.1 Å². The van der Waals surface area contributed by atoms with Crippen molar-refractivity contribution in [3.8, 4) is 0 Å². The number of nitrogens with zero attached hydrogens (tertiary/aromatic N) is 2. The van der Waals surface area contributed by atoms with Crippen LogP contribution in [0.25, 0.3) is 0 Å². The molecule has 4 rings (SSSR count). The summed E-state index contributed by atoms with van der Waals surface area (Å²) in [6.07, 6.45) is 3.74. The van der Waals surface area contributed by atoms with Gasteiger partial charge in [-0.25, -0.2) is 13.2 Å². The zero-order chi connectivity index (χ0) is 23.4. The maximum Gasteiger partial charge on any atom is 0.257 e. The summed E-state index contributed by atoms with van der Waals surface area (Å²) in [6, 6.07) is 12.1. The SMILES string of the molecule is O=C(c1cc(F)c(F)cc1F)N(Cc1ccco1)C1CCN(CCc2ccc(Cl)cc2)CC1. The number of benzene rings is 2. The predicted molar refractivity (Wildman–Crippen MR) is 120 cm³/mol. The molecular formula is C25H24ClF3N2O2. The lowest BCUT2D eigenvalue weighted by atomic mass is 10.0. The van der Waals surface area contributed by atoms with Crippen molar-refractivity contribution in [3.63, 3.8) is 0 Å². The van der Waals surface area contributed by atoms with Crippen molar-refractivity contribution in [2.24, 2.45) is 0 Å². The molecule has 2 aromatic carbocycles. The molecule has 2 heterocycles. The Morgan fingerprint density at radius 1 is 1.03 bits per heavy atom. The largest absolute Gasteiger partial charge is 0.467 e. The lowest BCUT2D eigenvalue weighted by Gasteiger charge is -2.38. The van der Waals surface area contributed by atoms with Gasteiger partial charge in [0.15, 0.2) is 11.6 Å². The fourth-order valence-corrected chi connectivity index (χ4v) is 4.30. The van der Waals surface area contributed by atoms with Crippen molar-refractivity contribution in [2.45, 2.75) is 31.8 Å². The Hall–Kier alpha value is -2.77. The van der Waals surface area contributed by atoms with Crippen molar-refractivity contribution in [1.82, 2.24) is 9.80 Å². The van der Waals surface area contributed by atoms with Crippen LogP contribution in [0, 0.1) is 17.5 Å². The molecule has 0 saturated carbocycles. The van der Waals surface area contributed by atoms with E-state index in [0.29, 0.717) is 35.8 Å². The first kappa shape index (κ1) is 23.4. The number of hydrogen-bond acceptors (Lipinski definition) is 3. The Kier molecular flexibility index (Phi) is 7.40. The Bertz CT molecular complexity index is 1080. The van der Waals surface area contributed by atoms with Crippen LogP contribution in [-0.4, -0.2) is 41.4 Å². The van der Waals surface area contributed by atoms with Crippen molar-refractivity contribution in [2.75, 3.05) is 19.6 Å². The highest BCUT2D eigenvalue weighted by Crippen LogP contribution is 2.24. The second kappa shape index (κ2) is 10.4. The summed E-state index contributed by atoms with van der Waals surface area (Å²) in [7, 11) is 0. The molecule has 4 nitrogen and oxygen atoms in total. The first-order chi connectivity index (χ1) is 15.9. The third-order valence-electron chi connectivity index (χ3n) is 6.04. The van der Waals surface area contributed by atoms with E-state index in [-0.39, 0.29) is 12.6 Å². The molecule has 0 aliphatic carbocycles. The van der Waals surface area contributed by atoms with Gasteiger partial charge in [0.25, 0.3) is 5.91 Å². The van der Waals surface area contributed by atoms with Gasteiger partial charge < -0.3 is 14.2 Å². The zero-order valence-electron chi connectivity index (χ0n) is 17.9. The van der Waals surface area contributed by atoms with E-state index in [1.807, 2.05) is 24.3 Å². The molecule has 1 aromatic heterocycles. The van der Waals surface area contributed by atoms with Crippen LogP contribution in [0.15, 0.2) is 59.2 Å². The van der Waals surface area contributed by atoms with Crippen LogP contribution in [0.4, 0.5) is 13.2 Å². The summed E-state index contributed by atoms with van der Waals surface area (Å²) < 4.78 is 46.9. The summed E-state index contributed by atoms with van der Waals surface area (Å²) in [5.41, 5.74) is 0.718. The molecule has 0 N–H and O–H groups in total. The Morgan fingerprint density at radius 2 is 1.73 bits per heavy atom. The second-order valence-corrected chi connectivity index (χ2v) is 8.64. The van der Waals surface area contributed by atoms with E-state index in [2.05, 4.69) is 4.90 Å². The van der Waals surface area contributed by atoms with Crippen LogP contribution in [-0.2, 0) is 13.0 Å². The zero-order valence-corrected chi connectivity index (χ0v) is 18.7. The molecule has 1 saturated heterocycles. The number of carbonyl (C=O) groups excluding carboxylic acids is 1. The van der Waals surface area contributed by atoms with Crippen LogP contribution in [0.5, 0.6) is 0 Å². The van der Waals surface area contributed by atoms with Gasteiger partial charge in [-0.15, -0.1) is 0 Å². The number of halogens is 4. The lowest BCUT2D eigenvalue weighted by molar-refractivity contribution is 0.0526. The molecule has 0 bridgehead atoms. The summed E-state index contributed by atoms with van der Waals surface area (Å²) in [6.45, 7) is 2.53. The molecule has 33 heavy (non-hydrogen) atoms. The molecule has 3 aromatic rings. The fourth-order valence-electron chi connectivity index (χ4n) is 4.17. The number of hydrogen-bond donors (Lipinski definition) is 0. The fraction of sp³-hybridized carbons (Fsp3) is 0.320. The van der Waals surface area contributed by atoms with Crippen molar-refractivity contribution < 1.29 is 22.4 Å². The topological polar surface area (TPSA) is 36.7 Å². The summed E-state index contributed by atoms with van der Waals surface area (Å²) in [4.78, 5) is 17.0. The average Bonchev–Trinajstić information content (AvgIpc) is 3.33. The van der Waals surface area contributed by atoms with Gasteiger partial charge in [0.2, 0.25) is 0 Å². The first-order valence-electron chi connectivity index (χ1n) is 10.9. The molecule has 1 fully saturated rings. The minimum atomic E-state index is -1.32. The molecule has 1 aliphatic rings. The standard InChI is InChI=1S/C25H24ClF3N2O2/c26-18-5-3-17(4-6-18)7-10-30-11-8-19(9-12-30)31(16-20-2-1-13-33-20)25(32)21-14-23(28)24(29)15-22(21)27/h1-6,13-15,19H,7-12,16H2. The predicted octanol–water partition coefficient (Wildman–Crippen LogP) is 5.70. The molecule has 1 aliphatic heterocycles. The maximum atomic E-state index is 14.3. The van der Waals surface area contributed by atoms with E-state index in [0.717, 1.165) is 26.1 Å². The Labute approximate surface area is 195 Å². The number of piperidine rings is 1. The van der Waals surface area contributed by atoms with E-state index in [9.17, 15) is 18.0 Å². The molecule has 8 heteroatoms. The first-order valence-corrected chi connectivity index (χ1v) is 11.2. The van der Waals surface area contributed by atoms with E-state index in [4.69, 9.17) is 16.0 Å². The van der Waals surface area contributed by atoms with Gasteiger partial charge in [0, 0.05) is 36.8 Å².